The number of rotatable bonds is 7. The van der Waals surface area contributed by atoms with Gasteiger partial charge in [0.05, 0.1) is 36.5 Å². The van der Waals surface area contributed by atoms with Crippen molar-refractivity contribution in [3.05, 3.63) is 75.2 Å². The molecule has 2 N–H and O–H groups in total. The van der Waals surface area contributed by atoms with E-state index in [-0.39, 0.29) is 11.3 Å². The minimum Gasteiger partial charge on any atom is -0.494 e. The topological polar surface area (TPSA) is 103 Å². The number of thiazole rings is 1. The molecule has 2 aliphatic rings. The molecular formula is C25H27N3O5S2. The van der Waals surface area contributed by atoms with Crippen molar-refractivity contribution in [2.75, 3.05) is 11.5 Å². The normalized spacial score (nSPS) is 20.9. The van der Waals surface area contributed by atoms with Gasteiger partial charge in [0.25, 0.3) is 11.3 Å². The molecule has 1 aromatic heterocycles. The van der Waals surface area contributed by atoms with Gasteiger partial charge in [0, 0.05) is 10.8 Å². The number of carboxylic acid groups (broad SMARTS) is 1. The second-order valence-corrected chi connectivity index (χ2v) is 10.8. The quantitative estimate of drug-likeness (QED) is 0.420. The Hall–Kier alpha value is -2.79. The predicted molar refractivity (Wildman–Crippen MR) is 135 cm³/mol. The lowest BCUT2D eigenvalue weighted by Crippen LogP contribution is -2.40. The molecule has 1 atom stereocenters. The van der Waals surface area contributed by atoms with Gasteiger partial charge in [-0.25, -0.2) is 14.0 Å². The maximum absolute atomic E-state index is 12.3. The van der Waals surface area contributed by atoms with Crippen molar-refractivity contribution in [3.8, 4) is 5.75 Å². The summed E-state index contributed by atoms with van der Waals surface area (Å²) in [5.41, 5.74) is 2.73. The summed E-state index contributed by atoms with van der Waals surface area (Å²) in [6.07, 6.45) is 4.56. The molecule has 0 bridgehead atoms. The van der Waals surface area contributed by atoms with Crippen LogP contribution < -0.4 is 9.15 Å². The van der Waals surface area contributed by atoms with E-state index in [1.807, 2.05) is 0 Å². The highest BCUT2D eigenvalue weighted by molar-refractivity contribution is 7.80. The number of fused-ring (bicyclic) bond motifs is 1. The molecule has 10 heteroatoms. The van der Waals surface area contributed by atoms with Crippen LogP contribution in [0.25, 0.3) is 0 Å². The summed E-state index contributed by atoms with van der Waals surface area (Å²) >= 11 is -0.668. The first-order valence-electron chi connectivity index (χ1n) is 11.5. The number of carbonyl (C=O) groups is 1. The molecule has 1 unspecified atom stereocenters. The summed E-state index contributed by atoms with van der Waals surface area (Å²) < 4.78 is 29.0. The summed E-state index contributed by atoms with van der Waals surface area (Å²) in [6.45, 7) is 0.865. The monoisotopic (exact) mass is 513 g/mol. The van der Waals surface area contributed by atoms with Crippen LogP contribution in [0.4, 0.5) is 5.69 Å². The van der Waals surface area contributed by atoms with Crippen LogP contribution in [0.15, 0.2) is 48.5 Å². The molecule has 0 spiro atoms. The minimum atomic E-state index is -2.37. The number of anilines is 1. The molecule has 0 saturated heterocycles. The predicted octanol–water partition coefficient (Wildman–Crippen LogP) is 5.17. The van der Waals surface area contributed by atoms with E-state index in [1.54, 1.807) is 16.3 Å². The van der Waals surface area contributed by atoms with Gasteiger partial charge in [-0.1, -0.05) is 30.3 Å². The first kappa shape index (κ1) is 23.9. The Labute approximate surface area is 210 Å². The van der Waals surface area contributed by atoms with E-state index in [9.17, 15) is 18.7 Å². The minimum absolute atomic E-state index is 0.0445. The first-order valence-corrected chi connectivity index (χ1v) is 13.4. The molecule has 184 valence electrons. The molecule has 0 amide bonds. The van der Waals surface area contributed by atoms with Crippen molar-refractivity contribution in [1.82, 2.24) is 9.99 Å². The Kier molecular flexibility index (Phi) is 6.88. The SMILES string of the molecule is COc1cc(C(=O)O)ccc1N(N1Cc2nc(C3CCC(c4ccccc4)CC3)sc2C1)S(=O)O. The van der Waals surface area contributed by atoms with E-state index in [0.717, 1.165) is 36.3 Å². The van der Waals surface area contributed by atoms with Crippen molar-refractivity contribution < 1.29 is 23.4 Å². The molecule has 0 radical (unpaired) electrons. The maximum atomic E-state index is 12.3. The third kappa shape index (κ3) is 4.84. The molecule has 3 aromatic rings. The number of benzene rings is 2. The smallest absolute Gasteiger partial charge is 0.335 e. The van der Waals surface area contributed by atoms with Crippen molar-refractivity contribution in [2.24, 2.45) is 0 Å². The molecule has 1 aliphatic carbocycles. The number of hydrazine groups is 1. The summed E-state index contributed by atoms with van der Waals surface area (Å²) in [6, 6.07) is 15.0. The van der Waals surface area contributed by atoms with Crippen molar-refractivity contribution in [1.29, 1.82) is 0 Å². The molecule has 2 heterocycles. The van der Waals surface area contributed by atoms with E-state index < -0.39 is 17.2 Å². The average molecular weight is 514 g/mol. The Morgan fingerprint density at radius 1 is 1.11 bits per heavy atom. The summed E-state index contributed by atoms with van der Waals surface area (Å²) in [5.74, 6) is 0.201. The molecular weight excluding hydrogens is 486 g/mol. The molecule has 1 fully saturated rings. The van der Waals surface area contributed by atoms with Gasteiger partial charge in [0.15, 0.2) is 0 Å². The number of methoxy groups -OCH3 is 1. The molecule has 35 heavy (non-hydrogen) atoms. The van der Waals surface area contributed by atoms with E-state index in [4.69, 9.17) is 9.72 Å². The second kappa shape index (κ2) is 10.1. The highest BCUT2D eigenvalue weighted by Crippen LogP contribution is 2.44. The third-order valence-corrected chi connectivity index (χ3v) is 8.81. The van der Waals surface area contributed by atoms with E-state index >= 15 is 0 Å². The Balaban J connectivity index is 1.29. The van der Waals surface area contributed by atoms with Crippen LogP contribution in [0, 0.1) is 0 Å². The fourth-order valence-electron chi connectivity index (χ4n) is 5.05. The van der Waals surface area contributed by atoms with Crippen LogP contribution in [0.1, 0.15) is 69.0 Å². The van der Waals surface area contributed by atoms with Gasteiger partial charge in [-0.05, 0) is 55.4 Å². The zero-order valence-electron chi connectivity index (χ0n) is 19.3. The number of ether oxygens (including phenoxy) is 1. The highest BCUT2D eigenvalue weighted by atomic mass is 32.2. The van der Waals surface area contributed by atoms with Gasteiger partial charge >= 0.3 is 5.97 Å². The van der Waals surface area contributed by atoms with Crippen LogP contribution in [0.2, 0.25) is 0 Å². The average Bonchev–Trinajstić information content (AvgIpc) is 3.44. The first-order chi connectivity index (χ1) is 16.9. The van der Waals surface area contributed by atoms with Gasteiger partial charge in [-0.15, -0.1) is 11.3 Å². The van der Waals surface area contributed by atoms with Crippen molar-refractivity contribution >= 4 is 34.3 Å². The van der Waals surface area contributed by atoms with E-state index in [0.29, 0.717) is 30.6 Å². The van der Waals surface area contributed by atoms with Gasteiger partial charge in [0.2, 0.25) is 0 Å². The number of hydrogen-bond donors (Lipinski definition) is 2. The molecule has 8 nitrogen and oxygen atoms in total. The number of aromatic carboxylic acids is 1. The molecule has 1 saturated carbocycles. The van der Waals surface area contributed by atoms with Crippen LogP contribution >= 0.6 is 11.3 Å². The Morgan fingerprint density at radius 2 is 1.83 bits per heavy atom. The number of carboxylic acids is 1. The molecule has 5 rings (SSSR count). The van der Waals surface area contributed by atoms with Gasteiger partial charge in [-0.3, -0.25) is 4.55 Å². The van der Waals surface area contributed by atoms with Crippen LogP contribution in [0.3, 0.4) is 0 Å². The summed E-state index contributed by atoms with van der Waals surface area (Å²) in [5, 5.41) is 12.2. The highest BCUT2D eigenvalue weighted by Gasteiger charge is 2.34. The number of hydrogen-bond acceptors (Lipinski definition) is 6. The maximum Gasteiger partial charge on any atom is 0.335 e. The van der Waals surface area contributed by atoms with Crippen molar-refractivity contribution in [2.45, 2.75) is 50.6 Å². The fraction of sp³-hybridized carbons (Fsp3) is 0.360. The molecule has 2 aromatic carbocycles. The Bertz CT molecular complexity index is 1220. The van der Waals surface area contributed by atoms with Gasteiger partial charge in [0.1, 0.15) is 11.4 Å². The molecule has 1 aliphatic heterocycles. The van der Waals surface area contributed by atoms with Gasteiger partial charge < -0.3 is 9.84 Å². The number of aromatic nitrogens is 1. The summed E-state index contributed by atoms with van der Waals surface area (Å²) in [7, 11) is 1.41. The van der Waals surface area contributed by atoms with Crippen molar-refractivity contribution in [3.63, 3.8) is 0 Å². The second-order valence-electron chi connectivity index (χ2n) is 8.90. The van der Waals surface area contributed by atoms with Crippen LogP contribution in [-0.2, 0) is 24.4 Å². The third-order valence-electron chi connectivity index (χ3n) is 6.84. The summed E-state index contributed by atoms with van der Waals surface area (Å²) in [4.78, 5) is 17.3. The largest absolute Gasteiger partial charge is 0.494 e. The standard InChI is InChI=1S/C25H27N3O5S2/c1-33-22-13-19(25(29)30)11-12-21(22)28(35(31)32)27-14-20-23(15-27)34-24(26-20)18-9-7-17(8-10-18)16-5-3-2-4-6-16/h2-6,11-13,17-18H,7-10,14-15H2,1H3,(H,29,30)(H,31,32). The fourth-order valence-corrected chi connectivity index (χ4v) is 6.94. The lowest BCUT2D eigenvalue weighted by Gasteiger charge is -2.30. The van der Waals surface area contributed by atoms with E-state index in [2.05, 4.69) is 30.3 Å². The van der Waals surface area contributed by atoms with Crippen LogP contribution in [-0.4, -0.2) is 36.9 Å². The van der Waals surface area contributed by atoms with Crippen LogP contribution in [0.5, 0.6) is 5.75 Å². The Morgan fingerprint density at radius 3 is 2.46 bits per heavy atom. The lowest BCUT2D eigenvalue weighted by atomic mass is 9.79. The lowest BCUT2D eigenvalue weighted by molar-refractivity contribution is 0.0696. The number of nitrogens with zero attached hydrogens (tertiary/aromatic N) is 3. The zero-order chi connectivity index (χ0) is 24.5. The zero-order valence-corrected chi connectivity index (χ0v) is 20.9. The van der Waals surface area contributed by atoms with E-state index in [1.165, 1.54) is 40.3 Å². The van der Waals surface area contributed by atoms with Gasteiger partial charge in [-0.2, -0.15) is 9.42 Å².